The summed E-state index contributed by atoms with van der Waals surface area (Å²) >= 11 is 5.96. The number of halogens is 1. The Morgan fingerprint density at radius 2 is 1.77 bits per heavy atom. The first kappa shape index (κ1) is 10.4. The van der Waals surface area contributed by atoms with Crippen LogP contribution in [0.15, 0.2) is 24.3 Å². The Bertz CT molecular complexity index is 253. The predicted octanol–water partition coefficient (Wildman–Crippen LogP) is 3.20. The fourth-order valence-corrected chi connectivity index (χ4v) is 1.26. The summed E-state index contributed by atoms with van der Waals surface area (Å²) in [6.45, 7) is 4.14. The van der Waals surface area contributed by atoms with E-state index in [1.54, 1.807) is 12.1 Å². The summed E-state index contributed by atoms with van der Waals surface area (Å²) < 4.78 is 0. The number of hydrogen-bond donors (Lipinski definition) is 1. The van der Waals surface area contributed by atoms with Crippen LogP contribution in [-0.4, -0.2) is 10.5 Å². The molecule has 1 aromatic carbocycles. The molecule has 0 aromatic heterocycles. The Hall–Kier alpha value is -0.690. The summed E-state index contributed by atoms with van der Waals surface area (Å²) in [5.74, 6) is 0.779. The van der Waals surface area contributed by atoms with E-state index in [-0.39, 0.29) is 5.38 Å². The molecule has 0 radical (unpaired) electrons. The van der Waals surface area contributed by atoms with Gasteiger partial charge in [0.15, 0.2) is 0 Å². The van der Waals surface area contributed by atoms with E-state index in [0.29, 0.717) is 11.7 Å². The van der Waals surface area contributed by atoms with Gasteiger partial charge >= 0.3 is 0 Å². The van der Waals surface area contributed by atoms with Crippen molar-refractivity contribution in [1.29, 1.82) is 0 Å². The van der Waals surface area contributed by atoms with Gasteiger partial charge in [-0.3, -0.25) is 0 Å². The smallest absolute Gasteiger partial charge is 0.115 e. The second kappa shape index (κ2) is 4.52. The first-order valence-electron chi connectivity index (χ1n) is 4.51. The van der Waals surface area contributed by atoms with Crippen LogP contribution in [0.25, 0.3) is 0 Å². The summed E-state index contributed by atoms with van der Waals surface area (Å²) in [5, 5.41) is 9.26. The lowest BCUT2D eigenvalue weighted by Gasteiger charge is -2.13. The average molecular weight is 199 g/mol. The van der Waals surface area contributed by atoms with E-state index in [0.717, 1.165) is 6.42 Å². The van der Waals surface area contributed by atoms with Gasteiger partial charge in [0.1, 0.15) is 5.75 Å². The number of phenols is 1. The Labute approximate surface area is 84.4 Å². The van der Waals surface area contributed by atoms with Gasteiger partial charge in [0.25, 0.3) is 0 Å². The quantitative estimate of drug-likeness (QED) is 0.740. The van der Waals surface area contributed by atoms with Gasteiger partial charge in [0.2, 0.25) is 0 Å². The molecule has 1 nitrogen and oxygen atoms in total. The van der Waals surface area contributed by atoms with Gasteiger partial charge in [-0.1, -0.05) is 19.1 Å². The van der Waals surface area contributed by atoms with Gasteiger partial charge in [-0.15, -0.1) is 11.6 Å². The minimum atomic E-state index is 0.189. The third-order valence-corrected chi connectivity index (χ3v) is 2.71. The lowest BCUT2D eigenvalue weighted by Crippen LogP contribution is -2.09. The number of aromatic hydroxyl groups is 1. The number of benzene rings is 1. The van der Waals surface area contributed by atoms with Crippen LogP contribution in [0.5, 0.6) is 5.75 Å². The lowest BCUT2D eigenvalue weighted by atomic mass is 9.99. The number of rotatable bonds is 3. The topological polar surface area (TPSA) is 20.2 Å². The van der Waals surface area contributed by atoms with Crippen molar-refractivity contribution in [3.05, 3.63) is 29.8 Å². The van der Waals surface area contributed by atoms with Crippen LogP contribution in [0.2, 0.25) is 0 Å². The van der Waals surface area contributed by atoms with E-state index in [2.05, 4.69) is 6.92 Å². The van der Waals surface area contributed by atoms with Crippen molar-refractivity contribution in [3.8, 4) is 5.75 Å². The van der Waals surface area contributed by atoms with Gasteiger partial charge in [-0.05, 0) is 37.0 Å². The monoisotopic (exact) mass is 198 g/mol. The first-order valence-corrected chi connectivity index (χ1v) is 4.95. The molecule has 0 aliphatic heterocycles. The van der Waals surface area contributed by atoms with Gasteiger partial charge in [-0.2, -0.15) is 0 Å². The average Bonchev–Trinajstić information content (AvgIpc) is 2.08. The summed E-state index contributed by atoms with van der Waals surface area (Å²) in [7, 11) is 0. The molecule has 2 heteroatoms. The zero-order valence-electron chi connectivity index (χ0n) is 8.00. The summed E-state index contributed by atoms with van der Waals surface area (Å²) in [6, 6.07) is 7.29. The second-order valence-corrected chi connectivity index (χ2v) is 4.21. The molecule has 2 atom stereocenters. The summed E-state index contributed by atoms with van der Waals surface area (Å²) in [4.78, 5) is 0. The van der Waals surface area contributed by atoms with Crippen LogP contribution in [0.3, 0.4) is 0 Å². The minimum absolute atomic E-state index is 0.189. The lowest BCUT2D eigenvalue weighted by molar-refractivity contribution is 0.474. The summed E-state index contributed by atoms with van der Waals surface area (Å²) in [5.41, 5.74) is 1.22. The van der Waals surface area contributed by atoms with E-state index < -0.39 is 0 Å². The van der Waals surface area contributed by atoms with Crippen molar-refractivity contribution in [2.45, 2.75) is 25.6 Å². The Morgan fingerprint density at radius 1 is 1.23 bits per heavy atom. The molecule has 0 amide bonds. The highest BCUT2D eigenvalue weighted by Gasteiger charge is 2.09. The van der Waals surface area contributed by atoms with Crippen molar-refractivity contribution < 1.29 is 5.11 Å². The molecule has 0 aliphatic rings. The SMILES string of the molecule is CC(Cl)C(C)Cc1ccc(O)cc1. The third-order valence-electron chi connectivity index (χ3n) is 2.28. The van der Waals surface area contributed by atoms with Crippen LogP contribution < -0.4 is 0 Å². The van der Waals surface area contributed by atoms with Gasteiger partial charge in [0.05, 0.1) is 0 Å². The normalized spacial score (nSPS) is 15.3. The van der Waals surface area contributed by atoms with Crippen LogP contribution in [-0.2, 0) is 6.42 Å². The summed E-state index contributed by atoms with van der Waals surface area (Å²) in [6.07, 6.45) is 0.963. The highest BCUT2D eigenvalue weighted by atomic mass is 35.5. The molecule has 2 unspecified atom stereocenters. The fraction of sp³-hybridized carbons (Fsp3) is 0.455. The molecule has 0 heterocycles. The molecule has 0 bridgehead atoms. The van der Waals surface area contributed by atoms with E-state index in [9.17, 15) is 0 Å². The van der Waals surface area contributed by atoms with E-state index in [1.807, 2.05) is 19.1 Å². The first-order chi connectivity index (χ1) is 6.09. The maximum absolute atomic E-state index is 9.07. The van der Waals surface area contributed by atoms with E-state index in [4.69, 9.17) is 16.7 Å². The number of hydrogen-bond acceptors (Lipinski definition) is 1. The van der Waals surface area contributed by atoms with Crippen LogP contribution >= 0.6 is 11.6 Å². The van der Waals surface area contributed by atoms with Crippen LogP contribution in [0.1, 0.15) is 19.4 Å². The Kier molecular flexibility index (Phi) is 3.61. The number of phenolic OH excluding ortho intramolecular Hbond substituents is 1. The standard InChI is InChI=1S/C11H15ClO/c1-8(9(2)12)7-10-3-5-11(13)6-4-10/h3-6,8-9,13H,7H2,1-2H3. The zero-order valence-corrected chi connectivity index (χ0v) is 8.75. The van der Waals surface area contributed by atoms with Crippen molar-refractivity contribution in [3.63, 3.8) is 0 Å². The molecular weight excluding hydrogens is 184 g/mol. The molecule has 13 heavy (non-hydrogen) atoms. The van der Waals surface area contributed by atoms with Crippen LogP contribution in [0.4, 0.5) is 0 Å². The van der Waals surface area contributed by atoms with Crippen molar-refractivity contribution in [2.24, 2.45) is 5.92 Å². The highest BCUT2D eigenvalue weighted by Crippen LogP contribution is 2.17. The molecule has 0 spiro atoms. The van der Waals surface area contributed by atoms with E-state index >= 15 is 0 Å². The Morgan fingerprint density at radius 3 is 2.23 bits per heavy atom. The molecular formula is C11H15ClO. The van der Waals surface area contributed by atoms with Gasteiger partial charge < -0.3 is 5.11 Å². The second-order valence-electron chi connectivity index (χ2n) is 3.53. The maximum Gasteiger partial charge on any atom is 0.115 e. The molecule has 1 rings (SSSR count). The number of alkyl halides is 1. The molecule has 0 fully saturated rings. The fourth-order valence-electron chi connectivity index (χ4n) is 1.17. The van der Waals surface area contributed by atoms with Crippen molar-refractivity contribution in [1.82, 2.24) is 0 Å². The maximum atomic E-state index is 9.07. The Balaban J connectivity index is 2.59. The third kappa shape index (κ3) is 3.27. The van der Waals surface area contributed by atoms with Crippen molar-refractivity contribution in [2.75, 3.05) is 0 Å². The zero-order chi connectivity index (χ0) is 9.84. The molecule has 72 valence electrons. The highest BCUT2D eigenvalue weighted by molar-refractivity contribution is 6.20. The molecule has 1 aromatic rings. The predicted molar refractivity (Wildman–Crippen MR) is 56.3 cm³/mol. The molecule has 0 aliphatic carbocycles. The van der Waals surface area contributed by atoms with Crippen LogP contribution in [0, 0.1) is 5.92 Å². The largest absolute Gasteiger partial charge is 0.508 e. The van der Waals surface area contributed by atoms with Crippen molar-refractivity contribution >= 4 is 11.6 Å². The molecule has 0 saturated carbocycles. The minimum Gasteiger partial charge on any atom is -0.508 e. The van der Waals surface area contributed by atoms with Gasteiger partial charge in [0, 0.05) is 5.38 Å². The molecule has 1 N–H and O–H groups in total. The molecule has 0 saturated heterocycles. The van der Waals surface area contributed by atoms with E-state index in [1.165, 1.54) is 5.56 Å². The van der Waals surface area contributed by atoms with Gasteiger partial charge in [-0.25, -0.2) is 0 Å².